The van der Waals surface area contributed by atoms with E-state index in [1.807, 2.05) is 30.3 Å². The second-order valence-corrected chi connectivity index (χ2v) is 9.24. The molecule has 1 aliphatic rings. The standard InChI is InChI=1S/C20H21ClN2O3S/c1-2-27(25,26)12-6-11-23-18-10-9-16(21)13-17(18)20(22-14-19(23)24)15-7-4-3-5-8-15/h3-5,7-10,13H,2,6,11-12,14H2,1H3. The minimum atomic E-state index is -3.07. The lowest BCUT2D eigenvalue weighted by Crippen LogP contribution is -2.34. The number of aliphatic imine (C=N–C) groups is 1. The molecule has 5 nitrogen and oxygen atoms in total. The van der Waals surface area contributed by atoms with Crippen LogP contribution in [-0.4, -0.2) is 44.6 Å². The Kier molecular flexibility index (Phi) is 5.97. The van der Waals surface area contributed by atoms with Crippen molar-refractivity contribution >= 4 is 38.7 Å². The number of rotatable bonds is 6. The maximum absolute atomic E-state index is 12.7. The summed E-state index contributed by atoms with van der Waals surface area (Å²) in [6.45, 7) is 1.96. The first-order valence-electron chi connectivity index (χ1n) is 8.82. The first-order valence-corrected chi connectivity index (χ1v) is 11.0. The average Bonchev–Trinajstić information content (AvgIpc) is 2.79. The topological polar surface area (TPSA) is 66.8 Å². The first kappa shape index (κ1) is 19.6. The second-order valence-electron chi connectivity index (χ2n) is 6.33. The van der Waals surface area contributed by atoms with E-state index >= 15 is 0 Å². The highest BCUT2D eigenvalue weighted by Gasteiger charge is 2.25. The molecule has 0 saturated carbocycles. The third-order valence-electron chi connectivity index (χ3n) is 4.50. The zero-order valence-corrected chi connectivity index (χ0v) is 16.6. The van der Waals surface area contributed by atoms with Gasteiger partial charge in [0.15, 0.2) is 0 Å². The summed E-state index contributed by atoms with van der Waals surface area (Å²) in [5, 5.41) is 0.556. The summed E-state index contributed by atoms with van der Waals surface area (Å²) in [6, 6.07) is 15.0. The highest BCUT2D eigenvalue weighted by atomic mass is 35.5. The third kappa shape index (κ3) is 4.57. The molecular formula is C20H21ClN2O3S. The molecule has 0 unspecified atom stereocenters. The summed E-state index contributed by atoms with van der Waals surface area (Å²) in [6.07, 6.45) is 0.380. The van der Waals surface area contributed by atoms with E-state index in [9.17, 15) is 13.2 Å². The van der Waals surface area contributed by atoms with E-state index in [-0.39, 0.29) is 24.0 Å². The van der Waals surface area contributed by atoms with Crippen LogP contribution >= 0.6 is 11.6 Å². The van der Waals surface area contributed by atoms with Gasteiger partial charge in [-0.3, -0.25) is 9.79 Å². The van der Waals surface area contributed by atoms with Gasteiger partial charge in [-0.05, 0) is 24.6 Å². The smallest absolute Gasteiger partial charge is 0.248 e. The summed E-state index contributed by atoms with van der Waals surface area (Å²) in [5.41, 5.74) is 3.10. The van der Waals surface area contributed by atoms with Crippen LogP contribution in [0.5, 0.6) is 0 Å². The van der Waals surface area contributed by atoms with Gasteiger partial charge in [-0.15, -0.1) is 0 Å². The van der Waals surface area contributed by atoms with Crippen molar-refractivity contribution < 1.29 is 13.2 Å². The lowest BCUT2D eigenvalue weighted by atomic mass is 10.00. The van der Waals surface area contributed by atoms with Crippen LogP contribution in [0.4, 0.5) is 5.69 Å². The summed E-state index contributed by atoms with van der Waals surface area (Å²) >= 11 is 6.21. The molecule has 1 heterocycles. The van der Waals surface area contributed by atoms with Crippen LogP contribution in [0.3, 0.4) is 0 Å². The third-order valence-corrected chi connectivity index (χ3v) is 6.53. The van der Waals surface area contributed by atoms with Gasteiger partial charge in [-0.25, -0.2) is 8.42 Å². The van der Waals surface area contributed by atoms with Gasteiger partial charge >= 0.3 is 0 Å². The van der Waals surface area contributed by atoms with Crippen molar-refractivity contribution in [2.24, 2.45) is 4.99 Å². The number of benzodiazepines with no additional fused rings is 1. The molecule has 0 fully saturated rings. The van der Waals surface area contributed by atoms with Gasteiger partial charge < -0.3 is 4.90 Å². The number of nitrogens with zero attached hydrogens (tertiary/aromatic N) is 2. The van der Waals surface area contributed by atoms with Crippen molar-refractivity contribution in [2.45, 2.75) is 13.3 Å². The quantitative estimate of drug-likeness (QED) is 0.741. The number of anilines is 1. The predicted molar refractivity (Wildman–Crippen MR) is 110 cm³/mol. The second kappa shape index (κ2) is 8.23. The molecule has 1 amide bonds. The SMILES string of the molecule is CCS(=O)(=O)CCCN1C(=O)CN=C(c2ccccc2)c2cc(Cl)ccc21. The zero-order chi connectivity index (χ0) is 19.4. The Morgan fingerprint density at radius 1 is 1.15 bits per heavy atom. The molecule has 0 N–H and O–H groups in total. The fourth-order valence-electron chi connectivity index (χ4n) is 3.06. The molecule has 0 aliphatic carbocycles. The van der Waals surface area contributed by atoms with Gasteiger partial charge in [-0.1, -0.05) is 48.9 Å². The van der Waals surface area contributed by atoms with Crippen molar-refractivity contribution in [1.29, 1.82) is 0 Å². The number of halogens is 1. The lowest BCUT2D eigenvalue weighted by molar-refractivity contribution is -0.117. The van der Waals surface area contributed by atoms with Gasteiger partial charge in [0.2, 0.25) is 5.91 Å². The molecule has 0 aromatic heterocycles. The number of benzene rings is 2. The molecule has 0 saturated heterocycles. The molecule has 3 rings (SSSR count). The summed E-state index contributed by atoms with van der Waals surface area (Å²) < 4.78 is 23.5. The molecule has 0 radical (unpaired) electrons. The highest BCUT2D eigenvalue weighted by molar-refractivity contribution is 7.91. The van der Waals surface area contributed by atoms with E-state index in [0.29, 0.717) is 29.4 Å². The van der Waals surface area contributed by atoms with Crippen molar-refractivity contribution in [2.75, 3.05) is 29.5 Å². The van der Waals surface area contributed by atoms with Crippen molar-refractivity contribution in [3.8, 4) is 0 Å². The molecule has 0 atom stereocenters. The number of carbonyl (C=O) groups is 1. The molecule has 2 aromatic rings. The number of sulfone groups is 1. The fraction of sp³-hybridized carbons (Fsp3) is 0.300. The summed E-state index contributed by atoms with van der Waals surface area (Å²) in [7, 11) is -3.07. The van der Waals surface area contributed by atoms with Crippen LogP contribution in [0.2, 0.25) is 5.02 Å². The number of amides is 1. The van der Waals surface area contributed by atoms with E-state index in [0.717, 1.165) is 11.1 Å². The van der Waals surface area contributed by atoms with Gasteiger partial charge in [0, 0.05) is 28.4 Å². The number of carbonyl (C=O) groups excluding carboxylic acids is 1. The number of fused-ring (bicyclic) bond motifs is 1. The first-order chi connectivity index (χ1) is 12.9. The normalized spacial score (nSPS) is 14.5. The number of hydrogen-bond acceptors (Lipinski definition) is 4. The van der Waals surface area contributed by atoms with Gasteiger partial charge in [0.25, 0.3) is 0 Å². The predicted octanol–water partition coefficient (Wildman–Crippen LogP) is 3.35. The van der Waals surface area contributed by atoms with Gasteiger partial charge in [0.05, 0.1) is 17.2 Å². The van der Waals surface area contributed by atoms with Crippen LogP contribution in [0.25, 0.3) is 0 Å². The summed E-state index contributed by atoms with van der Waals surface area (Å²) in [4.78, 5) is 18.9. The van der Waals surface area contributed by atoms with Crippen LogP contribution < -0.4 is 4.90 Å². The average molecular weight is 405 g/mol. The maximum atomic E-state index is 12.7. The highest BCUT2D eigenvalue weighted by Crippen LogP contribution is 2.29. The van der Waals surface area contributed by atoms with Crippen molar-refractivity contribution in [3.05, 3.63) is 64.7 Å². The lowest BCUT2D eigenvalue weighted by Gasteiger charge is -2.23. The van der Waals surface area contributed by atoms with E-state index in [2.05, 4.69) is 4.99 Å². The molecule has 142 valence electrons. The molecule has 0 bridgehead atoms. The Hall–Kier alpha value is -2.18. The Labute approximate surface area is 164 Å². The largest absolute Gasteiger partial charge is 0.310 e. The van der Waals surface area contributed by atoms with E-state index < -0.39 is 9.84 Å². The van der Waals surface area contributed by atoms with E-state index in [1.165, 1.54) is 0 Å². The number of hydrogen-bond donors (Lipinski definition) is 0. The fourth-order valence-corrected chi connectivity index (χ4v) is 4.09. The van der Waals surface area contributed by atoms with Gasteiger partial charge in [0.1, 0.15) is 16.4 Å². The Bertz CT molecular complexity index is 972. The van der Waals surface area contributed by atoms with Crippen LogP contribution in [0, 0.1) is 0 Å². The monoisotopic (exact) mass is 404 g/mol. The Morgan fingerprint density at radius 3 is 2.59 bits per heavy atom. The summed E-state index contributed by atoms with van der Waals surface area (Å²) in [5.74, 6) is 0.00944. The van der Waals surface area contributed by atoms with Crippen molar-refractivity contribution in [1.82, 2.24) is 0 Å². The molecule has 2 aromatic carbocycles. The Balaban J connectivity index is 1.96. The minimum Gasteiger partial charge on any atom is -0.310 e. The van der Waals surface area contributed by atoms with Crippen LogP contribution in [-0.2, 0) is 14.6 Å². The maximum Gasteiger partial charge on any atom is 0.248 e. The molecule has 27 heavy (non-hydrogen) atoms. The zero-order valence-electron chi connectivity index (χ0n) is 15.1. The molecule has 1 aliphatic heterocycles. The molecular weight excluding hydrogens is 384 g/mol. The van der Waals surface area contributed by atoms with E-state index in [1.54, 1.807) is 30.0 Å². The molecule has 7 heteroatoms. The van der Waals surface area contributed by atoms with E-state index in [4.69, 9.17) is 11.6 Å². The Morgan fingerprint density at radius 2 is 1.89 bits per heavy atom. The van der Waals surface area contributed by atoms with Crippen LogP contribution in [0.1, 0.15) is 24.5 Å². The minimum absolute atomic E-state index is 0.0110. The van der Waals surface area contributed by atoms with Crippen LogP contribution in [0.15, 0.2) is 53.5 Å². The van der Waals surface area contributed by atoms with Gasteiger partial charge in [-0.2, -0.15) is 0 Å². The van der Waals surface area contributed by atoms with Crippen molar-refractivity contribution in [3.63, 3.8) is 0 Å². The molecule has 0 spiro atoms.